The molecule has 42 heavy (non-hydrogen) atoms. The molecular formula is C33H25BrClN5O2. The number of nitrogens with zero attached hydrogens (tertiary/aromatic N) is 3. The second kappa shape index (κ2) is 12.5. The van der Waals surface area contributed by atoms with Gasteiger partial charge in [-0.3, -0.25) is 4.79 Å². The van der Waals surface area contributed by atoms with E-state index in [4.69, 9.17) is 21.3 Å². The molecule has 0 fully saturated rings. The number of aromatic nitrogens is 3. The highest BCUT2D eigenvalue weighted by Crippen LogP contribution is 2.30. The van der Waals surface area contributed by atoms with Crippen molar-refractivity contribution in [2.24, 2.45) is 0 Å². The second-order valence-electron chi connectivity index (χ2n) is 9.53. The molecule has 0 aliphatic carbocycles. The van der Waals surface area contributed by atoms with Crippen molar-refractivity contribution in [1.82, 2.24) is 19.9 Å². The van der Waals surface area contributed by atoms with Crippen LogP contribution in [0, 0.1) is 0 Å². The van der Waals surface area contributed by atoms with E-state index in [1.54, 1.807) is 35.0 Å². The monoisotopic (exact) mass is 637 g/mol. The van der Waals surface area contributed by atoms with Crippen molar-refractivity contribution in [3.05, 3.63) is 142 Å². The lowest BCUT2D eigenvalue weighted by Crippen LogP contribution is -2.22. The molecule has 1 amide bonds. The number of para-hydroxylation sites is 1. The summed E-state index contributed by atoms with van der Waals surface area (Å²) in [5.41, 5.74) is 4.88. The Kier molecular flexibility index (Phi) is 8.16. The first kappa shape index (κ1) is 27.5. The number of carbonyl (C=O) groups is 1. The Balaban J connectivity index is 1.11. The largest absolute Gasteiger partial charge is 0.457 e. The minimum absolute atomic E-state index is 0.152. The molecule has 0 radical (unpaired) electrons. The summed E-state index contributed by atoms with van der Waals surface area (Å²) in [6, 6.07) is 34.3. The number of ether oxygens (including phenoxy) is 1. The maximum atomic E-state index is 12.8. The lowest BCUT2D eigenvalue weighted by molar-refractivity contribution is 0.0951. The van der Waals surface area contributed by atoms with Crippen LogP contribution in [0.15, 0.2) is 120 Å². The summed E-state index contributed by atoms with van der Waals surface area (Å²) in [6.45, 7) is 0.945. The number of carbonyl (C=O) groups excluding carboxylic acids is 1. The van der Waals surface area contributed by atoms with E-state index in [1.807, 2.05) is 78.9 Å². The van der Waals surface area contributed by atoms with E-state index in [9.17, 15) is 4.79 Å². The summed E-state index contributed by atoms with van der Waals surface area (Å²) < 4.78 is 8.36. The quantitative estimate of drug-likeness (QED) is 0.167. The first-order valence-electron chi connectivity index (χ1n) is 13.3. The molecule has 208 valence electrons. The van der Waals surface area contributed by atoms with Crippen LogP contribution in [-0.4, -0.2) is 20.5 Å². The average Bonchev–Trinajstić information content (AvgIpc) is 3.40. The Morgan fingerprint density at radius 3 is 2.33 bits per heavy atom. The third-order valence-electron chi connectivity index (χ3n) is 6.59. The second-order valence-corrected chi connectivity index (χ2v) is 10.8. The SMILES string of the molecule is O=C(NCc1cccc(CNc2cc(-c3ccccc3Cl)nc3c(Br)cnn23)c1)c1ccc(Oc2ccccc2)cc1. The van der Waals surface area contributed by atoms with Gasteiger partial charge in [-0.15, -0.1) is 0 Å². The normalized spacial score (nSPS) is 10.9. The fraction of sp³-hybridized carbons (Fsp3) is 0.0606. The van der Waals surface area contributed by atoms with E-state index < -0.39 is 0 Å². The molecule has 0 aliphatic heterocycles. The van der Waals surface area contributed by atoms with E-state index in [0.29, 0.717) is 35.1 Å². The van der Waals surface area contributed by atoms with Crippen molar-refractivity contribution >= 4 is 44.9 Å². The topological polar surface area (TPSA) is 80.5 Å². The molecule has 0 spiro atoms. The summed E-state index contributed by atoms with van der Waals surface area (Å²) in [6.07, 6.45) is 1.72. The van der Waals surface area contributed by atoms with E-state index in [-0.39, 0.29) is 5.91 Å². The maximum absolute atomic E-state index is 12.8. The summed E-state index contributed by atoms with van der Waals surface area (Å²) in [7, 11) is 0. The predicted octanol–water partition coefficient (Wildman–Crippen LogP) is 8.15. The van der Waals surface area contributed by atoms with Crippen LogP contribution in [-0.2, 0) is 13.1 Å². The lowest BCUT2D eigenvalue weighted by atomic mass is 10.1. The molecule has 2 aromatic heterocycles. The molecular weight excluding hydrogens is 614 g/mol. The molecule has 0 unspecified atom stereocenters. The van der Waals surface area contributed by atoms with Gasteiger partial charge >= 0.3 is 0 Å². The number of benzene rings is 4. The third kappa shape index (κ3) is 6.30. The highest BCUT2D eigenvalue weighted by Gasteiger charge is 2.13. The summed E-state index contributed by atoms with van der Waals surface area (Å²) in [5, 5.41) is 11.6. The van der Waals surface area contributed by atoms with E-state index in [0.717, 1.165) is 38.4 Å². The first-order valence-corrected chi connectivity index (χ1v) is 14.4. The minimum atomic E-state index is -0.152. The first-order chi connectivity index (χ1) is 20.5. The number of fused-ring (bicyclic) bond motifs is 1. The zero-order chi connectivity index (χ0) is 28.9. The molecule has 0 atom stereocenters. The number of hydrogen-bond acceptors (Lipinski definition) is 5. The molecule has 6 aromatic rings. The van der Waals surface area contributed by atoms with Gasteiger partial charge in [-0.2, -0.15) is 9.61 Å². The van der Waals surface area contributed by atoms with Gasteiger partial charge in [0.2, 0.25) is 0 Å². The summed E-state index contributed by atoms with van der Waals surface area (Å²) in [5.74, 6) is 2.04. The minimum Gasteiger partial charge on any atom is -0.457 e. The fourth-order valence-corrected chi connectivity index (χ4v) is 5.08. The maximum Gasteiger partial charge on any atom is 0.251 e. The van der Waals surface area contributed by atoms with Gasteiger partial charge in [0, 0.05) is 35.3 Å². The van der Waals surface area contributed by atoms with E-state index >= 15 is 0 Å². The number of rotatable bonds is 9. The molecule has 2 N–H and O–H groups in total. The molecule has 0 saturated heterocycles. The number of halogens is 2. The summed E-state index contributed by atoms with van der Waals surface area (Å²) >= 11 is 10.0. The molecule has 9 heteroatoms. The number of nitrogens with one attached hydrogen (secondary N) is 2. The molecule has 0 saturated carbocycles. The van der Waals surface area contributed by atoms with E-state index in [2.05, 4.69) is 37.7 Å². The molecule has 4 aromatic carbocycles. The van der Waals surface area contributed by atoms with E-state index in [1.165, 1.54) is 0 Å². The Labute approximate surface area is 256 Å². The van der Waals surface area contributed by atoms with Gasteiger partial charge in [0.15, 0.2) is 5.65 Å². The zero-order valence-electron chi connectivity index (χ0n) is 22.3. The van der Waals surface area contributed by atoms with Crippen LogP contribution < -0.4 is 15.4 Å². The van der Waals surface area contributed by atoms with Crippen LogP contribution in [0.25, 0.3) is 16.9 Å². The molecule has 2 heterocycles. The number of amides is 1. The van der Waals surface area contributed by atoms with Gasteiger partial charge in [-0.1, -0.05) is 72.3 Å². The molecule has 6 rings (SSSR count). The highest BCUT2D eigenvalue weighted by atomic mass is 79.9. The van der Waals surface area contributed by atoms with Crippen molar-refractivity contribution in [3.63, 3.8) is 0 Å². The molecule has 0 aliphatic rings. The molecule has 0 bridgehead atoms. The van der Waals surface area contributed by atoms with Crippen LogP contribution in [0.4, 0.5) is 5.82 Å². The Morgan fingerprint density at radius 2 is 1.55 bits per heavy atom. The standard InChI is InChI=1S/C33H25BrClN5O2/c34-28-21-38-40-31(18-30(39-32(28)40)27-11-4-5-12-29(27)35)36-19-22-7-6-8-23(17-22)20-37-33(41)24-13-15-26(16-14-24)42-25-9-2-1-3-10-25/h1-18,21,36H,19-20H2,(H,37,41). The Bertz CT molecular complexity index is 1860. The smallest absolute Gasteiger partial charge is 0.251 e. The van der Waals surface area contributed by atoms with Gasteiger partial charge in [-0.25, -0.2) is 4.98 Å². The number of hydrogen-bond donors (Lipinski definition) is 2. The zero-order valence-corrected chi connectivity index (χ0v) is 24.6. The van der Waals surface area contributed by atoms with Crippen LogP contribution in [0.2, 0.25) is 5.02 Å². The van der Waals surface area contributed by atoms with Crippen LogP contribution in [0.1, 0.15) is 21.5 Å². The van der Waals surface area contributed by atoms with Gasteiger partial charge in [0.25, 0.3) is 5.91 Å². The average molecular weight is 639 g/mol. The third-order valence-corrected chi connectivity index (χ3v) is 7.48. The van der Waals surface area contributed by atoms with Crippen molar-refractivity contribution in [3.8, 4) is 22.8 Å². The Morgan fingerprint density at radius 1 is 0.833 bits per heavy atom. The van der Waals surface area contributed by atoms with Gasteiger partial charge < -0.3 is 15.4 Å². The fourth-order valence-electron chi connectivity index (χ4n) is 4.49. The van der Waals surface area contributed by atoms with Crippen LogP contribution in [0.5, 0.6) is 11.5 Å². The predicted molar refractivity (Wildman–Crippen MR) is 169 cm³/mol. The van der Waals surface area contributed by atoms with Crippen molar-refractivity contribution < 1.29 is 9.53 Å². The van der Waals surface area contributed by atoms with Crippen molar-refractivity contribution in [2.45, 2.75) is 13.1 Å². The lowest BCUT2D eigenvalue weighted by Gasteiger charge is -2.13. The Hall–Kier alpha value is -4.66. The van der Waals surface area contributed by atoms with Crippen molar-refractivity contribution in [2.75, 3.05) is 5.32 Å². The summed E-state index contributed by atoms with van der Waals surface area (Å²) in [4.78, 5) is 17.6. The van der Waals surface area contributed by atoms with Gasteiger partial charge in [0.05, 0.1) is 16.4 Å². The van der Waals surface area contributed by atoms with Gasteiger partial charge in [0.1, 0.15) is 17.3 Å². The van der Waals surface area contributed by atoms with Gasteiger partial charge in [-0.05, 0) is 69.5 Å². The van der Waals surface area contributed by atoms with Crippen LogP contribution >= 0.6 is 27.5 Å². The molecule has 7 nitrogen and oxygen atoms in total. The highest BCUT2D eigenvalue weighted by molar-refractivity contribution is 9.10. The number of anilines is 1. The van der Waals surface area contributed by atoms with Crippen molar-refractivity contribution in [1.29, 1.82) is 0 Å². The van der Waals surface area contributed by atoms with Crippen LogP contribution in [0.3, 0.4) is 0 Å².